The van der Waals surface area contributed by atoms with E-state index in [4.69, 9.17) is 0 Å². The molecule has 0 aromatic heterocycles. The van der Waals surface area contributed by atoms with Gasteiger partial charge in [0, 0.05) is 0 Å². The summed E-state index contributed by atoms with van der Waals surface area (Å²) in [4.78, 5) is 0. The molecule has 6 rings (SSSR count). The number of rotatable bonds is 6. The van der Waals surface area contributed by atoms with E-state index in [0.29, 0.717) is 7.25 Å². The molecule has 2 atom stereocenters. The summed E-state index contributed by atoms with van der Waals surface area (Å²) < 4.78 is 5.58. The second-order valence-electron chi connectivity index (χ2n) is 12.1. The normalized spacial score (nSPS) is 19.5. The van der Waals surface area contributed by atoms with Crippen LogP contribution in [0.5, 0.6) is 0 Å². The molecule has 0 saturated carbocycles. The minimum absolute atomic E-state index is 0.623. The van der Waals surface area contributed by atoms with Gasteiger partial charge in [-0.05, 0) is 0 Å². The molecule has 190 valence electrons. The topological polar surface area (TPSA) is 0 Å². The van der Waals surface area contributed by atoms with Crippen molar-refractivity contribution in [2.75, 3.05) is 0 Å². The minimum atomic E-state index is -2.93. The van der Waals surface area contributed by atoms with Gasteiger partial charge in [-0.1, -0.05) is 0 Å². The molecule has 2 aliphatic rings. The van der Waals surface area contributed by atoms with E-state index in [0.717, 1.165) is 0 Å². The van der Waals surface area contributed by atoms with Gasteiger partial charge in [-0.2, -0.15) is 0 Å². The maximum atomic E-state index is 2.82. The molecule has 2 heteroatoms. The van der Waals surface area contributed by atoms with Crippen LogP contribution in [-0.2, 0) is 20.3 Å². The summed E-state index contributed by atoms with van der Waals surface area (Å²) in [6, 6.07) is 36.2. The Hall–Kier alpha value is -2.54. The van der Waals surface area contributed by atoms with Crippen LogP contribution in [0, 0.1) is 0 Å². The average molecular weight is 590 g/mol. The van der Waals surface area contributed by atoms with E-state index in [2.05, 4.69) is 141 Å². The third-order valence-electron chi connectivity index (χ3n) is 8.89. The van der Waals surface area contributed by atoms with Crippen molar-refractivity contribution < 1.29 is 20.3 Å². The van der Waals surface area contributed by atoms with Crippen LogP contribution in [0.2, 0.25) is 21.5 Å². The van der Waals surface area contributed by atoms with E-state index in [9.17, 15) is 0 Å². The fourth-order valence-corrected chi connectivity index (χ4v) is 37.6. The van der Waals surface area contributed by atoms with Crippen molar-refractivity contribution in [3.8, 4) is 22.3 Å². The van der Waals surface area contributed by atoms with E-state index in [-0.39, 0.29) is 0 Å². The van der Waals surface area contributed by atoms with Gasteiger partial charge >= 0.3 is 237 Å². The molecule has 4 aromatic rings. The average Bonchev–Trinajstić information content (AvgIpc) is 3.45. The monoisotopic (exact) mass is 588 g/mol. The third-order valence-corrected chi connectivity index (χ3v) is 33.3. The van der Waals surface area contributed by atoms with Gasteiger partial charge in [-0.15, -0.1) is 0 Å². The molecular formula is C36H38SiZr. The quantitative estimate of drug-likeness (QED) is 0.196. The van der Waals surface area contributed by atoms with Gasteiger partial charge in [-0.3, -0.25) is 0 Å². The first-order chi connectivity index (χ1) is 18.4. The van der Waals surface area contributed by atoms with Crippen LogP contribution in [-0.4, -0.2) is 8.80 Å². The van der Waals surface area contributed by atoms with E-state index < -0.39 is 29.1 Å². The first-order valence-corrected chi connectivity index (χ1v) is 24.3. The van der Waals surface area contributed by atoms with Crippen LogP contribution >= 0.6 is 0 Å². The Morgan fingerprint density at radius 1 is 0.579 bits per heavy atom. The number of fused-ring (bicyclic) bond motifs is 2. The summed E-state index contributed by atoms with van der Waals surface area (Å²) in [5.74, 6) is 0. The summed E-state index contributed by atoms with van der Waals surface area (Å²) in [5.41, 5.74) is 14.8. The van der Waals surface area contributed by atoms with Gasteiger partial charge < -0.3 is 0 Å². The maximum absolute atomic E-state index is 2.93. The molecule has 0 amide bonds. The van der Waals surface area contributed by atoms with E-state index in [1.54, 1.807) is 22.3 Å². The Morgan fingerprint density at radius 3 is 1.39 bits per heavy atom. The fourth-order valence-electron chi connectivity index (χ4n) is 7.88. The first-order valence-electron chi connectivity index (χ1n) is 14.1. The zero-order chi connectivity index (χ0) is 26.4. The molecule has 0 bridgehead atoms. The Balaban J connectivity index is 1.51. The second-order valence-corrected chi connectivity index (χ2v) is 28.5. The molecule has 0 radical (unpaired) electrons. The van der Waals surface area contributed by atoms with Gasteiger partial charge in [-0.25, -0.2) is 0 Å². The number of hydrogen-bond acceptors (Lipinski definition) is 0. The van der Waals surface area contributed by atoms with Gasteiger partial charge in [0.25, 0.3) is 0 Å². The Bertz CT molecular complexity index is 1430. The third kappa shape index (κ3) is 4.31. The SMILES string of the molecule is CC1=Cc2c(-c3ccccc3)cccc2[CH]1[Zr]([CH3])([CH2][SiH](C)C)[CH]1C(C)=Cc2c(-c3ccccc3)cccc21. The predicted molar refractivity (Wildman–Crippen MR) is 166 cm³/mol. The molecule has 0 aliphatic heterocycles. The molecule has 4 aromatic carbocycles. The first kappa shape index (κ1) is 25.7. The number of allylic oxidation sites excluding steroid dienone is 2. The van der Waals surface area contributed by atoms with Crippen LogP contribution in [0.3, 0.4) is 0 Å². The van der Waals surface area contributed by atoms with Crippen molar-refractivity contribution in [1.29, 1.82) is 0 Å². The molecule has 0 N–H and O–H groups in total. The predicted octanol–water partition coefficient (Wildman–Crippen LogP) is 10.3. The van der Waals surface area contributed by atoms with Crippen molar-refractivity contribution in [3.63, 3.8) is 0 Å². The molecule has 0 heterocycles. The zero-order valence-electron chi connectivity index (χ0n) is 23.3. The van der Waals surface area contributed by atoms with Crippen molar-refractivity contribution in [2.45, 2.75) is 42.6 Å². The van der Waals surface area contributed by atoms with Crippen LogP contribution in [0.15, 0.2) is 108 Å². The van der Waals surface area contributed by atoms with Crippen LogP contribution in [0.25, 0.3) is 34.4 Å². The van der Waals surface area contributed by atoms with Crippen LogP contribution < -0.4 is 0 Å². The van der Waals surface area contributed by atoms with Crippen molar-refractivity contribution in [1.82, 2.24) is 0 Å². The van der Waals surface area contributed by atoms with Crippen LogP contribution in [0.1, 0.15) is 43.4 Å². The molecule has 38 heavy (non-hydrogen) atoms. The summed E-state index contributed by atoms with van der Waals surface area (Å²) >= 11 is -2.93. The number of benzene rings is 4. The van der Waals surface area contributed by atoms with E-state index in [1.165, 1.54) is 37.1 Å². The fraction of sp³-hybridized carbons (Fsp3) is 0.222. The molecule has 2 aliphatic carbocycles. The summed E-state index contributed by atoms with van der Waals surface area (Å²) in [6.07, 6.45) is 5.10. The van der Waals surface area contributed by atoms with Gasteiger partial charge in [0.15, 0.2) is 0 Å². The molecule has 2 unspecified atom stereocenters. The standard InChI is InChI=1S/2C16H13.C3H9Si.CH3.Zr/c2*1-12-10-14-8-5-9-15(16(14)11-12)13-6-3-2-4-7-13;1-4(2)3;;/h2*2-11H,1H3;4H,1H2,2-3H3;1H3;. The molecular weight excluding hydrogens is 552 g/mol. The Labute approximate surface area is 235 Å². The van der Waals surface area contributed by atoms with Gasteiger partial charge in [0.2, 0.25) is 0 Å². The molecule has 0 spiro atoms. The molecule has 0 saturated heterocycles. The summed E-state index contributed by atoms with van der Waals surface area (Å²) in [7, 11) is -0.796. The second kappa shape index (κ2) is 10.2. The zero-order valence-corrected chi connectivity index (χ0v) is 26.9. The van der Waals surface area contributed by atoms with Crippen LogP contribution in [0.4, 0.5) is 0 Å². The van der Waals surface area contributed by atoms with Crippen molar-refractivity contribution in [3.05, 3.63) is 130 Å². The van der Waals surface area contributed by atoms with Gasteiger partial charge in [0.05, 0.1) is 0 Å². The van der Waals surface area contributed by atoms with Crippen molar-refractivity contribution >= 4 is 20.9 Å². The number of hydrogen-bond donors (Lipinski definition) is 0. The van der Waals surface area contributed by atoms with Crippen molar-refractivity contribution in [2.24, 2.45) is 0 Å². The van der Waals surface area contributed by atoms with E-state index in [1.807, 2.05) is 0 Å². The summed E-state index contributed by atoms with van der Waals surface area (Å²) in [5, 5.41) is 0. The summed E-state index contributed by atoms with van der Waals surface area (Å²) in [6.45, 7) is 10.0. The van der Waals surface area contributed by atoms with Gasteiger partial charge in [0.1, 0.15) is 0 Å². The Morgan fingerprint density at radius 2 is 1.00 bits per heavy atom. The Kier molecular flexibility index (Phi) is 6.91. The van der Waals surface area contributed by atoms with E-state index >= 15 is 0 Å². The molecule has 0 nitrogen and oxygen atoms in total. The molecule has 0 fully saturated rings.